The van der Waals surface area contributed by atoms with E-state index < -0.39 is 6.03 Å². The number of methoxy groups -OCH3 is 1. The highest BCUT2D eigenvalue weighted by Gasteiger charge is 2.23. The van der Waals surface area contributed by atoms with E-state index in [4.69, 9.17) is 33.0 Å². The number of aromatic nitrogens is 2. The zero-order valence-corrected chi connectivity index (χ0v) is 22.6. The first kappa shape index (κ1) is 27.5. The number of anilines is 2. The van der Waals surface area contributed by atoms with Crippen LogP contribution in [0.4, 0.5) is 16.3 Å². The SMILES string of the molecule is COCCN(CC(=O)Nc1cc(C(C)(C)C)nn1-c1ccc(C)cc1)C(=O)Nc1cccc(Cl)c1Cl. The van der Waals surface area contributed by atoms with Gasteiger partial charge in [0.05, 0.1) is 33.7 Å². The van der Waals surface area contributed by atoms with Crippen molar-refractivity contribution in [2.24, 2.45) is 0 Å². The second-order valence-corrected chi connectivity index (χ2v) is 10.2. The van der Waals surface area contributed by atoms with Crippen molar-refractivity contribution >= 4 is 46.6 Å². The van der Waals surface area contributed by atoms with Gasteiger partial charge >= 0.3 is 6.03 Å². The molecule has 0 bridgehead atoms. The maximum Gasteiger partial charge on any atom is 0.322 e. The van der Waals surface area contributed by atoms with Crippen molar-refractivity contribution < 1.29 is 14.3 Å². The Bertz CT molecular complexity index is 1220. The molecule has 0 fully saturated rings. The number of carbonyl (C=O) groups is 2. The standard InChI is InChI=1S/C26H31Cl2N5O3/c1-17-9-11-18(12-10-17)33-22(15-21(31-33)26(2,3)4)30-23(34)16-32(13-14-36-5)25(35)29-20-8-6-7-19(27)24(20)28/h6-12,15H,13-14,16H2,1-5H3,(H,29,35)(H,30,34). The van der Waals surface area contributed by atoms with Gasteiger partial charge in [-0.15, -0.1) is 0 Å². The second kappa shape index (κ2) is 11.8. The summed E-state index contributed by atoms with van der Waals surface area (Å²) in [6.45, 7) is 8.40. The molecule has 0 saturated carbocycles. The number of nitrogens with zero attached hydrogens (tertiary/aromatic N) is 3. The summed E-state index contributed by atoms with van der Waals surface area (Å²) in [4.78, 5) is 27.4. The van der Waals surface area contributed by atoms with Crippen LogP contribution in [0.15, 0.2) is 48.5 Å². The molecule has 10 heteroatoms. The summed E-state index contributed by atoms with van der Waals surface area (Å²) in [7, 11) is 1.53. The van der Waals surface area contributed by atoms with Crippen molar-refractivity contribution in [1.82, 2.24) is 14.7 Å². The quantitative estimate of drug-likeness (QED) is 0.378. The monoisotopic (exact) mass is 531 g/mol. The number of carbonyl (C=O) groups excluding carboxylic acids is 2. The van der Waals surface area contributed by atoms with Crippen LogP contribution in [0.25, 0.3) is 5.69 Å². The van der Waals surface area contributed by atoms with Gasteiger partial charge in [0.25, 0.3) is 0 Å². The third kappa shape index (κ3) is 7.00. The van der Waals surface area contributed by atoms with Gasteiger partial charge in [-0.2, -0.15) is 5.10 Å². The second-order valence-electron chi connectivity index (χ2n) is 9.41. The molecule has 0 saturated heterocycles. The van der Waals surface area contributed by atoms with Gasteiger partial charge in [0.15, 0.2) is 0 Å². The number of halogens is 2. The molecule has 0 unspecified atom stereocenters. The summed E-state index contributed by atoms with van der Waals surface area (Å²) in [6, 6.07) is 14.1. The van der Waals surface area contributed by atoms with Gasteiger partial charge in [0.1, 0.15) is 12.4 Å². The zero-order valence-electron chi connectivity index (χ0n) is 21.1. The minimum Gasteiger partial charge on any atom is -0.383 e. The molecule has 3 amide bonds. The highest BCUT2D eigenvalue weighted by molar-refractivity contribution is 6.43. The van der Waals surface area contributed by atoms with Crippen molar-refractivity contribution in [2.45, 2.75) is 33.1 Å². The Morgan fingerprint density at radius 3 is 2.42 bits per heavy atom. The minimum absolute atomic E-state index is 0.193. The van der Waals surface area contributed by atoms with Crippen LogP contribution >= 0.6 is 23.2 Å². The van der Waals surface area contributed by atoms with Gasteiger partial charge in [-0.3, -0.25) is 4.79 Å². The molecule has 0 atom stereocenters. The Hall–Kier alpha value is -3.07. The molecule has 3 rings (SSSR count). The van der Waals surface area contributed by atoms with E-state index >= 15 is 0 Å². The lowest BCUT2D eigenvalue weighted by Crippen LogP contribution is -2.42. The molecule has 192 valence electrons. The van der Waals surface area contributed by atoms with Crippen molar-refractivity contribution in [1.29, 1.82) is 0 Å². The van der Waals surface area contributed by atoms with Gasteiger partial charge in [0.2, 0.25) is 5.91 Å². The number of hydrogen-bond acceptors (Lipinski definition) is 4. The van der Waals surface area contributed by atoms with Crippen LogP contribution in [0.2, 0.25) is 10.0 Å². The first-order chi connectivity index (χ1) is 17.0. The normalized spacial score (nSPS) is 11.3. The highest BCUT2D eigenvalue weighted by atomic mass is 35.5. The average molecular weight is 532 g/mol. The van der Waals surface area contributed by atoms with Crippen LogP contribution in [0.5, 0.6) is 0 Å². The Labute approximate surface area is 221 Å². The van der Waals surface area contributed by atoms with E-state index in [9.17, 15) is 9.59 Å². The van der Waals surface area contributed by atoms with Crippen LogP contribution in [0, 0.1) is 6.92 Å². The van der Waals surface area contributed by atoms with Crippen LogP contribution in [0.1, 0.15) is 32.0 Å². The molecule has 3 aromatic rings. The number of nitrogens with one attached hydrogen (secondary N) is 2. The average Bonchev–Trinajstić information content (AvgIpc) is 3.24. The Balaban J connectivity index is 1.81. The molecule has 0 spiro atoms. The van der Waals surface area contributed by atoms with Crippen molar-refractivity contribution in [3.05, 3.63) is 69.8 Å². The Morgan fingerprint density at radius 2 is 1.78 bits per heavy atom. The molecule has 0 aliphatic heterocycles. The Kier molecular flexibility index (Phi) is 9.00. The van der Waals surface area contributed by atoms with E-state index in [1.165, 1.54) is 12.0 Å². The molecule has 0 aliphatic carbocycles. The number of ether oxygens (including phenoxy) is 1. The molecule has 0 aliphatic rings. The molecular weight excluding hydrogens is 501 g/mol. The number of urea groups is 1. The van der Waals surface area contributed by atoms with Gasteiger partial charge in [-0.05, 0) is 31.2 Å². The number of amides is 3. The van der Waals surface area contributed by atoms with Crippen LogP contribution in [0.3, 0.4) is 0 Å². The van der Waals surface area contributed by atoms with E-state index in [0.29, 0.717) is 16.5 Å². The smallest absolute Gasteiger partial charge is 0.322 e. The number of hydrogen-bond donors (Lipinski definition) is 2. The lowest BCUT2D eigenvalue weighted by molar-refractivity contribution is -0.116. The summed E-state index contributed by atoms with van der Waals surface area (Å²) in [5, 5.41) is 10.9. The van der Waals surface area contributed by atoms with Gasteiger partial charge in [-0.25, -0.2) is 9.48 Å². The van der Waals surface area contributed by atoms with E-state index in [1.54, 1.807) is 22.9 Å². The summed E-state index contributed by atoms with van der Waals surface area (Å²) in [5.74, 6) is 0.130. The number of rotatable bonds is 8. The minimum atomic E-state index is -0.506. The fourth-order valence-electron chi connectivity index (χ4n) is 3.32. The Morgan fingerprint density at radius 1 is 1.08 bits per heavy atom. The number of benzene rings is 2. The summed E-state index contributed by atoms with van der Waals surface area (Å²) < 4.78 is 6.83. The fourth-order valence-corrected chi connectivity index (χ4v) is 3.67. The molecule has 2 aromatic carbocycles. The fraction of sp³-hybridized carbons (Fsp3) is 0.346. The van der Waals surface area contributed by atoms with Crippen molar-refractivity contribution in [3.63, 3.8) is 0 Å². The molecule has 8 nitrogen and oxygen atoms in total. The van der Waals surface area contributed by atoms with E-state index in [-0.39, 0.29) is 36.0 Å². The van der Waals surface area contributed by atoms with Gasteiger partial charge < -0.3 is 20.3 Å². The lowest BCUT2D eigenvalue weighted by Gasteiger charge is -2.23. The van der Waals surface area contributed by atoms with Crippen LogP contribution < -0.4 is 10.6 Å². The number of aryl methyl sites for hydroxylation is 1. The third-order valence-corrected chi connectivity index (χ3v) is 6.22. The molecule has 0 radical (unpaired) electrons. The van der Waals surface area contributed by atoms with E-state index in [0.717, 1.165) is 16.9 Å². The zero-order chi connectivity index (χ0) is 26.5. The molecule has 1 aromatic heterocycles. The topological polar surface area (TPSA) is 88.5 Å². The van der Waals surface area contributed by atoms with Crippen LogP contribution in [-0.4, -0.2) is 53.4 Å². The predicted octanol–water partition coefficient (Wildman–Crippen LogP) is 5.90. The van der Waals surface area contributed by atoms with Gasteiger partial charge in [-0.1, -0.05) is 67.7 Å². The summed E-state index contributed by atoms with van der Waals surface area (Å²) in [5.41, 5.74) is 2.88. The third-order valence-electron chi connectivity index (χ3n) is 5.40. The van der Waals surface area contributed by atoms with Crippen molar-refractivity contribution in [3.8, 4) is 5.69 Å². The predicted molar refractivity (Wildman–Crippen MR) is 145 cm³/mol. The lowest BCUT2D eigenvalue weighted by atomic mass is 9.92. The van der Waals surface area contributed by atoms with Crippen molar-refractivity contribution in [2.75, 3.05) is 37.4 Å². The van der Waals surface area contributed by atoms with Gasteiger partial charge in [0, 0.05) is 25.1 Å². The van der Waals surface area contributed by atoms with E-state index in [1.807, 2.05) is 37.3 Å². The first-order valence-corrected chi connectivity index (χ1v) is 12.2. The highest BCUT2D eigenvalue weighted by Crippen LogP contribution is 2.30. The maximum atomic E-state index is 13.1. The summed E-state index contributed by atoms with van der Waals surface area (Å²) in [6.07, 6.45) is 0. The molecule has 2 N–H and O–H groups in total. The summed E-state index contributed by atoms with van der Waals surface area (Å²) >= 11 is 12.3. The molecular formula is C26H31Cl2N5O3. The van der Waals surface area contributed by atoms with E-state index in [2.05, 4.69) is 31.4 Å². The molecule has 1 heterocycles. The van der Waals surface area contributed by atoms with Crippen LogP contribution in [-0.2, 0) is 14.9 Å². The first-order valence-electron chi connectivity index (χ1n) is 11.5. The molecule has 36 heavy (non-hydrogen) atoms. The largest absolute Gasteiger partial charge is 0.383 e. The maximum absolute atomic E-state index is 13.1.